The maximum absolute atomic E-state index is 11.5. The number of carbonyl (C=O) groups is 2. The van der Waals surface area contributed by atoms with E-state index < -0.39 is 6.04 Å². The molecule has 1 atom stereocenters. The van der Waals surface area contributed by atoms with Gasteiger partial charge < -0.3 is 15.5 Å². The third-order valence-electron chi connectivity index (χ3n) is 2.03. The Balaban J connectivity index is 4.10. The number of nitrogens with one attached hydrogen (secondary N) is 2. The van der Waals surface area contributed by atoms with Crippen LogP contribution in [-0.4, -0.2) is 43.0 Å². The molecule has 14 heavy (non-hydrogen) atoms. The number of hydrogen-bond acceptors (Lipinski definition) is 2. The van der Waals surface area contributed by atoms with Gasteiger partial charge in [0, 0.05) is 20.1 Å². The van der Waals surface area contributed by atoms with Crippen LogP contribution in [0.1, 0.15) is 20.8 Å². The van der Waals surface area contributed by atoms with Gasteiger partial charge >= 0.3 is 6.03 Å². The Morgan fingerprint density at radius 2 is 1.79 bits per heavy atom. The van der Waals surface area contributed by atoms with Crippen molar-refractivity contribution in [3.63, 3.8) is 0 Å². The Bertz CT molecular complexity index is 202. The van der Waals surface area contributed by atoms with Crippen molar-refractivity contribution in [3.8, 4) is 0 Å². The lowest BCUT2D eigenvalue weighted by Crippen LogP contribution is -2.49. The average molecular weight is 201 g/mol. The average Bonchev–Trinajstić information content (AvgIpc) is 2.18. The van der Waals surface area contributed by atoms with Gasteiger partial charge in [-0.2, -0.15) is 0 Å². The fraction of sp³-hybridized carbons (Fsp3) is 0.778. The maximum atomic E-state index is 11.5. The summed E-state index contributed by atoms with van der Waals surface area (Å²) < 4.78 is 0. The van der Waals surface area contributed by atoms with E-state index in [-0.39, 0.29) is 11.9 Å². The van der Waals surface area contributed by atoms with Gasteiger partial charge in [-0.25, -0.2) is 4.79 Å². The minimum absolute atomic E-state index is 0.189. The monoisotopic (exact) mass is 201 g/mol. The molecule has 0 aliphatic heterocycles. The summed E-state index contributed by atoms with van der Waals surface area (Å²) in [6.45, 7) is 6.73. The molecular formula is C9H19N3O2. The number of likely N-dealkylation sites (N-methyl/N-ethyl adjacent to an activating group) is 1. The Morgan fingerprint density at radius 3 is 2.14 bits per heavy atom. The molecule has 0 aliphatic carbocycles. The van der Waals surface area contributed by atoms with Crippen molar-refractivity contribution >= 4 is 11.9 Å². The van der Waals surface area contributed by atoms with Gasteiger partial charge in [0.25, 0.3) is 0 Å². The molecule has 3 amide bonds. The molecule has 5 heteroatoms. The molecule has 2 N–H and O–H groups in total. The highest BCUT2D eigenvalue weighted by atomic mass is 16.2. The molecule has 0 saturated carbocycles. The van der Waals surface area contributed by atoms with E-state index >= 15 is 0 Å². The normalized spacial score (nSPS) is 11.7. The van der Waals surface area contributed by atoms with Crippen LogP contribution in [0.5, 0.6) is 0 Å². The van der Waals surface area contributed by atoms with Crippen molar-refractivity contribution in [2.45, 2.75) is 26.8 Å². The summed E-state index contributed by atoms with van der Waals surface area (Å²) in [4.78, 5) is 24.2. The van der Waals surface area contributed by atoms with Crippen LogP contribution in [0.3, 0.4) is 0 Å². The van der Waals surface area contributed by atoms with Crippen LogP contribution in [0.25, 0.3) is 0 Å². The number of hydrogen-bond donors (Lipinski definition) is 2. The van der Waals surface area contributed by atoms with E-state index in [1.165, 1.54) is 0 Å². The minimum atomic E-state index is -0.493. The zero-order valence-electron chi connectivity index (χ0n) is 9.26. The molecule has 82 valence electrons. The van der Waals surface area contributed by atoms with Crippen molar-refractivity contribution in [1.82, 2.24) is 15.5 Å². The van der Waals surface area contributed by atoms with Gasteiger partial charge in [-0.05, 0) is 20.8 Å². The van der Waals surface area contributed by atoms with Crippen molar-refractivity contribution in [2.24, 2.45) is 0 Å². The summed E-state index contributed by atoms with van der Waals surface area (Å²) in [5.74, 6) is -0.189. The van der Waals surface area contributed by atoms with E-state index in [4.69, 9.17) is 0 Å². The van der Waals surface area contributed by atoms with E-state index in [1.807, 2.05) is 13.8 Å². The van der Waals surface area contributed by atoms with Crippen molar-refractivity contribution < 1.29 is 9.59 Å². The highest BCUT2D eigenvalue weighted by molar-refractivity contribution is 5.86. The number of amides is 3. The molecule has 0 aromatic heterocycles. The van der Waals surface area contributed by atoms with Crippen molar-refractivity contribution in [1.29, 1.82) is 0 Å². The van der Waals surface area contributed by atoms with Gasteiger partial charge in [0.2, 0.25) is 5.91 Å². The predicted octanol–water partition coefficient (Wildman–Crippen LogP) is 0.172. The van der Waals surface area contributed by atoms with Crippen LogP contribution in [0.4, 0.5) is 4.79 Å². The second-order valence-corrected chi connectivity index (χ2v) is 2.96. The lowest BCUT2D eigenvalue weighted by atomic mass is 10.3. The topological polar surface area (TPSA) is 61.4 Å². The van der Waals surface area contributed by atoms with Gasteiger partial charge in [0.1, 0.15) is 6.04 Å². The summed E-state index contributed by atoms with van der Waals surface area (Å²) in [5.41, 5.74) is 0. The van der Waals surface area contributed by atoms with Gasteiger partial charge in [0.15, 0.2) is 0 Å². The molecule has 0 fully saturated rings. The first-order valence-corrected chi connectivity index (χ1v) is 4.83. The quantitative estimate of drug-likeness (QED) is 0.681. The molecule has 0 bridgehead atoms. The first kappa shape index (κ1) is 12.7. The van der Waals surface area contributed by atoms with Crippen LogP contribution in [0.2, 0.25) is 0 Å². The third kappa shape index (κ3) is 3.64. The molecule has 0 aromatic carbocycles. The number of rotatable bonds is 4. The molecule has 0 saturated heterocycles. The Kier molecular flexibility index (Phi) is 5.67. The van der Waals surface area contributed by atoms with Crippen LogP contribution in [0.15, 0.2) is 0 Å². The molecule has 0 aromatic rings. The van der Waals surface area contributed by atoms with Crippen LogP contribution < -0.4 is 10.6 Å². The Morgan fingerprint density at radius 1 is 1.29 bits per heavy atom. The fourth-order valence-corrected chi connectivity index (χ4v) is 1.07. The maximum Gasteiger partial charge on any atom is 0.318 e. The third-order valence-corrected chi connectivity index (χ3v) is 2.03. The molecule has 0 spiro atoms. The smallest absolute Gasteiger partial charge is 0.318 e. The molecule has 5 nitrogen and oxygen atoms in total. The summed E-state index contributed by atoms with van der Waals surface area (Å²) >= 11 is 0. The zero-order chi connectivity index (χ0) is 11.1. The highest BCUT2D eigenvalue weighted by Gasteiger charge is 2.16. The Hall–Kier alpha value is -1.26. The fourth-order valence-electron chi connectivity index (χ4n) is 1.07. The molecule has 0 rings (SSSR count). The van der Waals surface area contributed by atoms with E-state index in [1.54, 1.807) is 18.9 Å². The van der Waals surface area contributed by atoms with Gasteiger partial charge in [0.05, 0.1) is 0 Å². The lowest BCUT2D eigenvalue weighted by Gasteiger charge is -2.21. The first-order valence-electron chi connectivity index (χ1n) is 4.83. The zero-order valence-corrected chi connectivity index (χ0v) is 9.26. The summed E-state index contributed by atoms with van der Waals surface area (Å²) in [6.07, 6.45) is 0. The predicted molar refractivity (Wildman–Crippen MR) is 55.0 cm³/mol. The van der Waals surface area contributed by atoms with E-state index in [2.05, 4.69) is 10.6 Å². The number of nitrogens with zero attached hydrogens (tertiary/aromatic N) is 1. The van der Waals surface area contributed by atoms with Gasteiger partial charge in [-0.15, -0.1) is 0 Å². The van der Waals surface area contributed by atoms with Crippen LogP contribution in [0, 0.1) is 0 Å². The largest absolute Gasteiger partial charge is 0.357 e. The van der Waals surface area contributed by atoms with Crippen LogP contribution in [-0.2, 0) is 4.79 Å². The molecule has 1 unspecified atom stereocenters. The number of urea groups is 1. The van der Waals surface area contributed by atoms with E-state index in [0.717, 1.165) is 0 Å². The van der Waals surface area contributed by atoms with Gasteiger partial charge in [-0.3, -0.25) is 4.79 Å². The second kappa shape index (κ2) is 6.23. The standard InChI is InChI=1S/C9H19N3O2/c1-5-12(6-2)9(14)11-7(3)8(13)10-4/h7H,5-6H2,1-4H3,(H,10,13)(H,11,14). The van der Waals surface area contributed by atoms with Gasteiger partial charge in [-0.1, -0.05) is 0 Å². The first-order chi connectivity index (χ1) is 6.56. The van der Waals surface area contributed by atoms with Crippen molar-refractivity contribution in [2.75, 3.05) is 20.1 Å². The Labute approximate surface area is 84.8 Å². The SMILES string of the molecule is CCN(CC)C(=O)NC(C)C(=O)NC. The minimum Gasteiger partial charge on any atom is -0.357 e. The number of carbonyl (C=O) groups excluding carboxylic acids is 2. The summed E-state index contributed by atoms with van der Waals surface area (Å²) in [7, 11) is 1.54. The van der Waals surface area contributed by atoms with Crippen molar-refractivity contribution in [3.05, 3.63) is 0 Å². The lowest BCUT2D eigenvalue weighted by molar-refractivity contribution is -0.122. The van der Waals surface area contributed by atoms with Crippen LogP contribution >= 0.6 is 0 Å². The summed E-state index contributed by atoms with van der Waals surface area (Å²) in [5, 5.41) is 5.08. The highest BCUT2D eigenvalue weighted by Crippen LogP contribution is 1.90. The molecular weight excluding hydrogens is 182 g/mol. The molecule has 0 heterocycles. The van der Waals surface area contributed by atoms with E-state index in [9.17, 15) is 9.59 Å². The summed E-state index contributed by atoms with van der Waals surface area (Å²) in [6, 6.07) is -0.695. The second-order valence-electron chi connectivity index (χ2n) is 2.96. The molecule has 0 aliphatic rings. The van der Waals surface area contributed by atoms with E-state index in [0.29, 0.717) is 13.1 Å². The molecule has 0 radical (unpaired) electrons.